The third-order valence-electron chi connectivity index (χ3n) is 2.17. The van der Waals surface area contributed by atoms with Crippen molar-refractivity contribution in [2.24, 2.45) is 5.73 Å². The summed E-state index contributed by atoms with van der Waals surface area (Å²) >= 11 is 2.96. The van der Waals surface area contributed by atoms with Crippen molar-refractivity contribution in [2.75, 3.05) is 20.2 Å². The van der Waals surface area contributed by atoms with Gasteiger partial charge in [-0.2, -0.15) is 0 Å². The highest BCUT2D eigenvalue weighted by atomic mass is 79.9. The first kappa shape index (κ1) is 15.4. The second kappa shape index (κ2) is 6.46. The molecule has 0 aliphatic rings. The summed E-state index contributed by atoms with van der Waals surface area (Å²) in [6.45, 7) is 0.564. The van der Waals surface area contributed by atoms with Gasteiger partial charge in [0.2, 0.25) is 10.0 Å². The maximum atomic E-state index is 13.4. The molecule has 1 aromatic rings. The fourth-order valence-corrected chi connectivity index (χ4v) is 2.82. The van der Waals surface area contributed by atoms with Crippen LogP contribution in [0.4, 0.5) is 4.39 Å². The van der Waals surface area contributed by atoms with Gasteiger partial charge in [0, 0.05) is 6.54 Å². The van der Waals surface area contributed by atoms with Crippen LogP contribution in [0, 0.1) is 5.82 Å². The fourth-order valence-electron chi connectivity index (χ4n) is 1.27. The topological polar surface area (TPSA) is 81.4 Å². The van der Waals surface area contributed by atoms with Crippen LogP contribution in [0.2, 0.25) is 0 Å². The molecular weight excluding hydrogens is 327 g/mol. The Morgan fingerprint density at radius 1 is 1.50 bits per heavy atom. The van der Waals surface area contributed by atoms with Gasteiger partial charge in [0.1, 0.15) is 16.5 Å². The van der Waals surface area contributed by atoms with Crippen LogP contribution in [-0.4, -0.2) is 28.6 Å². The molecule has 0 aliphatic heterocycles. The zero-order valence-corrected chi connectivity index (χ0v) is 12.1. The van der Waals surface area contributed by atoms with Crippen LogP contribution in [0.3, 0.4) is 0 Å². The molecule has 1 rings (SSSR count). The molecule has 8 heteroatoms. The van der Waals surface area contributed by atoms with Crippen molar-refractivity contribution < 1.29 is 17.5 Å². The average Bonchev–Trinajstić information content (AvgIpc) is 2.32. The number of benzene rings is 1. The van der Waals surface area contributed by atoms with Gasteiger partial charge in [-0.3, -0.25) is 0 Å². The van der Waals surface area contributed by atoms with Crippen LogP contribution >= 0.6 is 15.9 Å². The fraction of sp³-hybridized carbons (Fsp3) is 0.400. The van der Waals surface area contributed by atoms with Crippen molar-refractivity contribution in [3.8, 4) is 5.75 Å². The zero-order valence-electron chi connectivity index (χ0n) is 9.74. The minimum absolute atomic E-state index is 0.0727. The van der Waals surface area contributed by atoms with Crippen LogP contribution in [-0.2, 0) is 10.0 Å². The van der Waals surface area contributed by atoms with E-state index in [1.165, 1.54) is 13.2 Å². The predicted octanol–water partition coefficient (Wildman–Crippen LogP) is 1.22. The summed E-state index contributed by atoms with van der Waals surface area (Å²) < 4.78 is 44.7. The average molecular weight is 341 g/mol. The van der Waals surface area contributed by atoms with Crippen LogP contribution < -0.4 is 15.2 Å². The maximum absolute atomic E-state index is 13.4. The Morgan fingerprint density at radius 3 is 2.72 bits per heavy atom. The third kappa shape index (κ3) is 3.64. The Morgan fingerprint density at radius 2 is 2.17 bits per heavy atom. The standard InChI is InChI=1S/C10H14BrFN2O3S/c1-17-9-5-7(11)8(12)6-10(9)18(15,16)14-4-2-3-13/h5-6,14H,2-4,13H2,1H3. The maximum Gasteiger partial charge on any atom is 0.244 e. The Hall–Kier alpha value is -0.700. The lowest BCUT2D eigenvalue weighted by molar-refractivity contribution is 0.400. The summed E-state index contributed by atoms with van der Waals surface area (Å²) in [6.07, 6.45) is 0.501. The molecule has 0 saturated heterocycles. The van der Waals surface area contributed by atoms with Crippen LogP contribution in [0.15, 0.2) is 21.5 Å². The summed E-state index contributed by atoms with van der Waals surface area (Å²) in [5, 5.41) is 0. The highest BCUT2D eigenvalue weighted by Crippen LogP contribution is 2.29. The van der Waals surface area contributed by atoms with Gasteiger partial charge in [0.25, 0.3) is 0 Å². The van der Waals surface area contributed by atoms with Crippen molar-refractivity contribution in [1.82, 2.24) is 4.72 Å². The van der Waals surface area contributed by atoms with E-state index in [0.717, 1.165) is 6.07 Å². The van der Waals surface area contributed by atoms with Crippen molar-refractivity contribution in [2.45, 2.75) is 11.3 Å². The minimum Gasteiger partial charge on any atom is -0.495 e. The molecule has 0 aromatic heterocycles. The zero-order chi connectivity index (χ0) is 13.8. The van der Waals surface area contributed by atoms with E-state index in [1.54, 1.807) is 0 Å². The number of hydrogen-bond donors (Lipinski definition) is 2. The van der Waals surface area contributed by atoms with Crippen LogP contribution in [0.25, 0.3) is 0 Å². The Balaban J connectivity index is 3.11. The largest absolute Gasteiger partial charge is 0.495 e. The van der Waals surface area contributed by atoms with Crippen molar-refractivity contribution >= 4 is 26.0 Å². The van der Waals surface area contributed by atoms with E-state index < -0.39 is 15.8 Å². The lowest BCUT2D eigenvalue weighted by atomic mass is 10.3. The molecule has 0 unspecified atom stereocenters. The van der Waals surface area contributed by atoms with E-state index in [2.05, 4.69) is 20.7 Å². The van der Waals surface area contributed by atoms with E-state index in [-0.39, 0.29) is 21.7 Å². The van der Waals surface area contributed by atoms with Crippen LogP contribution in [0.5, 0.6) is 5.75 Å². The number of nitrogens with two attached hydrogens (primary N) is 1. The summed E-state index contributed by atoms with van der Waals surface area (Å²) in [5.41, 5.74) is 5.27. The van der Waals surface area contributed by atoms with Gasteiger partial charge in [0.05, 0.1) is 11.6 Å². The Labute approximate surface area is 114 Å². The molecule has 0 radical (unpaired) electrons. The van der Waals surface area contributed by atoms with Gasteiger partial charge in [-0.15, -0.1) is 0 Å². The first-order valence-corrected chi connectivity index (χ1v) is 7.42. The van der Waals surface area contributed by atoms with Crippen molar-refractivity contribution in [1.29, 1.82) is 0 Å². The van der Waals surface area contributed by atoms with Crippen molar-refractivity contribution in [3.05, 3.63) is 22.4 Å². The lowest BCUT2D eigenvalue weighted by Crippen LogP contribution is -2.26. The first-order chi connectivity index (χ1) is 8.42. The molecule has 1 aromatic carbocycles. The molecule has 3 N–H and O–H groups in total. The molecule has 0 amide bonds. The smallest absolute Gasteiger partial charge is 0.244 e. The normalized spacial score (nSPS) is 11.6. The Kier molecular flexibility index (Phi) is 5.51. The Bertz CT molecular complexity index is 522. The second-order valence-corrected chi connectivity index (χ2v) is 6.05. The molecular formula is C10H14BrFN2O3S. The molecule has 0 atom stereocenters. The number of nitrogens with one attached hydrogen (secondary N) is 1. The van der Waals surface area contributed by atoms with E-state index >= 15 is 0 Å². The third-order valence-corrected chi connectivity index (χ3v) is 4.26. The molecule has 0 bridgehead atoms. The van der Waals surface area contributed by atoms with Crippen molar-refractivity contribution in [3.63, 3.8) is 0 Å². The first-order valence-electron chi connectivity index (χ1n) is 5.15. The van der Waals surface area contributed by atoms with Gasteiger partial charge in [-0.1, -0.05) is 0 Å². The number of methoxy groups -OCH3 is 1. The quantitative estimate of drug-likeness (QED) is 0.763. The summed E-state index contributed by atoms with van der Waals surface area (Å²) in [6, 6.07) is 2.18. The predicted molar refractivity (Wildman–Crippen MR) is 69.5 cm³/mol. The SMILES string of the molecule is COc1cc(Br)c(F)cc1S(=O)(=O)NCCCN. The van der Waals surface area contributed by atoms with Gasteiger partial charge >= 0.3 is 0 Å². The van der Waals surface area contributed by atoms with Gasteiger partial charge in [0.15, 0.2) is 0 Å². The number of rotatable bonds is 6. The van der Waals surface area contributed by atoms with E-state index in [1.807, 2.05) is 0 Å². The monoisotopic (exact) mass is 340 g/mol. The number of hydrogen-bond acceptors (Lipinski definition) is 4. The highest BCUT2D eigenvalue weighted by molar-refractivity contribution is 9.10. The molecule has 0 aliphatic carbocycles. The molecule has 0 saturated carbocycles. The summed E-state index contributed by atoms with van der Waals surface area (Å²) in [5.74, 6) is -0.599. The minimum atomic E-state index is -3.81. The van der Waals surface area contributed by atoms with Gasteiger partial charge in [-0.25, -0.2) is 17.5 Å². The number of halogens is 2. The summed E-state index contributed by atoms with van der Waals surface area (Å²) in [7, 11) is -2.49. The lowest BCUT2D eigenvalue weighted by Gasteiger charge is -2.11. The molecule has 0 heterocycles. The van der Waals surface area contributed by atoms with Gasteiger partial charge in [-0.05, 0) is 41.0 Å². The number of sulfonamides is 1. The number of ether oxygens (including phenoxy) is 1. The van der Waals surface area contributed by atoms with E-state index in [9.17, 15) is 12.8 Å². The van der Waals surface area contributed by atoms with E-state index in [4.69, 9.17) is 10.5 Å². The molecule has 18 heavy (non-hydrogen) atoms. The summed E-state index contributed by atoms with van der Waals surface area (Å²) in [4.78, 5) is -0.234. The molecule has 0 fully saturated rings. The molecule has 0 spiro atoms. The van der Waals surface area contributed by atoms with Gasteiger partial charge < -0.3 is 10.5 Å². The van der Waals surface area contributed by atoms with E-state index in [0.29, 0.717) is 13.0 Å². The highest BCUT2D eigenvalue weighted by Gasteiger charge is 2.21. The second-order valence-electron chi connectivity index (χ2n) is 3.46. The molecule has 5 nitrogen and oxygen atoms in total. The van der Waals surface area contributed by atoms with Crippen LogP contribution in [0.1, 0.15) is 6.42 Å². The molecule has 102 valence electrons.